The van der Waals surface area contributed by atoms with Gasteiger partial charge in [0.05, 0.1) is 7.11 Å². The maximum Gasteiger partial charge on any atom is 0.312 e. The van der Waals surface area contributed by atoms with Crippen molar-refractivity contribution in [3.63, 3.8) is 0 Å². The predicted octanol–water partition coefficient (Wildman–Crippen LogP) is -0.519. The Balaban J connectivity index is 3.73. The Hall–Kier alpha value is -1.10. The molecule has 0 aliphatic carbocycles. The minimum Gasteiger partial charge on any atom is -0.481 e. The summed E-state index contributed by atoms with van der Waals surface area (Å²) in [6.07, 6.45) is -0.537. The fraction of sp³-hybridized carbons (Fsp3) is 0.600. The van der Waals surface area contributed by atoms with E-state index < -0.39 is 18.3 Å². The number of carbonyl (C=O) groups excluding carboxylic acids is 1. The molecule has 0 rings (SSSR count). The van der Waals surface area contributed by atoms with Gasteiger partial charge in [-0.1, -0.05) is 0 Å². The summed E-state index contributed by atoms with van der Waals surface area (Å²) in [5.74, 6) is -1.73. The first-order chi connectivity index (χ1) is 4.57. The van der Waals surface area contributed by atoms with Gasteiger partial charge in [0.25, 0.3) is 5.91 Å². The molecule has 0 aromatic carbocycles. The Morgan fingerprint density at radius 1 is 1.60 bits per heavy atom. The average Bonchev–Trinajstić information content (AvgIpc) is 1.85. The summed E-state index contributed by atoms with van der Waals surface area (Å²) in [5, 5.41) is 8.99. The van der Waals surface area contributed by atoms with Gasteiger partial charge >= 0.3 is 5.97 Å². The molecule has 10 heavy (non-hydrogen) atoms. The van der Waals surface area contributed by atoms with Crippen molar-refractivity contribution in [1.29, 1.82) is 0 Å². The number of amides is 1. The topological polar surface area (TPSA) is 66.8 Å². The van der Waals surface area contributed by atoms with Crippen molar-refractivity contribution in [3.05, 3.63) is 0 Å². The van der Waals surface area contributed by atoms with Crippen molar-refractivity contribution in [2.24, 2.45) is 0 Å². The monoisotopic (exact) mass is 147 g/mol. The van der Waals surface area contributed by atoms with Gasteiger partial charge in [0, 0.05) is 7.05 Å². The van der Waals surface area contributed by atoms with Crippen molar-refractivity contribution in [2.75, 3.05) is 14.2 Å². The van der Waals surface area contributed by atoms with E-state index in [4.69, 9.17) is 5.11 Å². The van der Waals surface area contributed by atoms with E-state index in [0.717, 1.165) is 5.06 Å². The summed E-state index contributed by atoms with van der Waals surface area (Å²) < 4.78 is 0. The molecule has 0 spiro atoms. The standard InChI is InChI=1S/C5H9NO4/c1-6(10-2)4(7)3-5(8)9/h3H2,1-2H3,(H,8,9). The third kappa shape index (κ3) is 3.03. The Morgan fingerprint density at radius 3 is 2.40 bits per heavy atom. The summed E-state index contributed by atoms with van der Waals surface area (Å²) in [5.41, 5.74) is 0. The highest BCUT2D eigenvalue weighted by Gasteiger charge is 2.11. The first kappa shape index (κ1) is 8.90. The second-order valence-electron chi connectivity index (χ2n) is 1.64. The highest BCUT2D eigenvalue weighted by Crippen LogP contribution is 1.89. The number of carbonyl (C=O) groups is 2. The van der Waals surface area contributed by atoms with Crippen LogP contribution in [0, 0.1) is 0 Å². The molecule has 0 aliphatic rings. The summed E-state index contributed by atoms with van der Waals surface area (Å²) in [7, 11) is 2.64. The van der Waals surface area contributed by atoms with E-state index in [1.165, 1.54) is 14.2 Å². The Bertz CT molecular complexity index is 145. The highest BCUT2D eigenvalue weighted by atomic mass is 16.7. The van der Waals surface area contributed by atoms with Crippen LogP contribution in [0.4, 0.5) is 0 Å². The van der Waals surface area contributed by atoms with Crippen LogP contribution in [0.3, 0.4) is 0 Å². The number of hydroxylamine groups is 2. The highest BCUT2D eigenvalue weighted by molar-refractivity contribution is 5.92. The second kappa shape index (κ2) is 3.84. The van der Waals surface area contributed by atoms with Gasteiger partial charge in [0.2, 0.25) is 0 Å². The molecule has 0 aromatic heterocycles. The second-order valence-corrected chi connectivity index (χ2v) is 1.64. The number of aliphatic carboxylic acids is 1. The first-order valence-electron chi connectivity index (χ1n) is 2.60. The summed E-state index contributed by atoms with van der Waals surface area (Å²) in [6, 6.07) is 0. The zero-order valence-corrected chi connectivity index (χ0v) is 5.83. The van der Waals surface area contributed by atoms with Crippen LogP contribution in [-0.4, -0.2) is 36.2 Å². The zero-order chi connectivity index (χ0) is 8.15. The summed E-state index contributed by atoms with van der Waals surface area (Å²) in [6.45, 7) is 0. The summed E-state index contributed by atoms with van der Waals surface area (Å²) in [4.78, 5) is 25.0. The van der Waals surface area contributed by atoms with Crippen molar-refractivity contribution in [2.45, 2.75) is 6.42 Å². The van der Waals surface area contributed by atoms with E-state index in [9.17, 15) is 9.59 Å². The molecule has 5 nitrogen and oxygen atoms in total. The fourth-order valence-electron chi connectivity index (χ4n) is 0.343. The van der Waals surface area contributed by atoms with Gasteiger partial charge in [-0.15, -0.1) is 0 Å². The van der Waals surface area contributed by atoms with Gasteiger partial charge < -0.3 is 5.11 Å². The quantitative estimate of drug-likeness (QED) is 0.431. The molecule has 0 aromatic rings. The van der Waals surface area contributed by atoms with Crippen LogP contribution >= 0.6 is 0 Å². The van der Waals surface area contributed by atoms with E-state index in [1.807, 2.05) is 0 Å². The third-order valence-electron chi connectivity index (χ3n) is 0.928. The fourth-order valence-corrected chi connectivity index (χ4v) is 0.343. The molecule has 0 atom stereocenters. The number of nitrogens with zero attached hydrogens (tertiary/aromatic N) is 1. The molecule has 0 saturated carbocycles. The lowest BCUT2D eigenvalue weighted by Gasteiger charge is -2.11. The van der Waals surface area contributed by atoms with Gasteiger partial charge in [-0.3, -0.25) is 14.4 Å². The van der Waals surface area contributed by atoms with E-state index in [1.54, 1.807) is 0 Å². The smallest absolute Gasteiger partial charge is 0.312 e. The average molecular weight is 147 g/mol. The Labute approximate surface area is 58.1 Å². The molecule has 0 unspecified atom stereocenters. The maximum atomic E-state index is 10.6. The van der Waals surface area contributed by atoms with Crippen molar-refractivity contribution < 1.29 is 19.5 Å². The van der Waals surface area contributed by atoms with E-state index in [-0.39, 0.29) is 0 Å². The van der Waals surface area contributed by atoms with Crippen LogP contribution in [-0.2, 0) is 14.4 Å². The number of hydrogen-bond donors (Lipinski definition) is 1. The number of carboxylic acid groups (broad SMARTS) is 1. The lowest BCUT2D eigenvalue weighted by molar-refractivity contribution is -0.171. The van der Waals surface area contributed by atoms with E-state index >= 15 is 0 Å². The Kier molecular flexibility index (Phi) is 3.42. The van der Waals surface area contributed by atoms with Gasteiger partial charge in [0.15, 0.2) is 0 Å². The lowest BCUT2D eigenvalue weighted by Crippen LogP contribution is -2.27. The number of rotatable bonds is 3. The van der Waals surface area contributed by atoms with Crippen LogP contribution in [0.2, 0.25) is 0 Å². The van der Waals surface area contributed by atoms with Crippen LogP contribution in [0.5, 0.6) is 0 Å². The van der Waals surface area contributed by atoms with Crippen LogP contribution in [0.1, 0.15) is 6.42 Å². The minimum absolute atomic E-state index is 0.537. The largest absolute Gasteiger partial charge is 0.481 e. The van der Waals surface area contributed by atoms with Crippen LogP contribution < -0.4 is 0 Å². The van der Waals surface area contributed by atoms with Crippen molar-refractivity contribution >= 4 is 11.9 Å². The van der Waals surface area contributed by atoms with Crippen LogP contribution in [0.25, 0.3) is 0 Å². The predicted molar refractivity (Wildman–Crippen MR) is 32.0 cm³/mol. The van der Waals surface area contributed by atoms with Crippen molar-refractivity contribution in [3.8, 4) is 0 Å². The molecule has 0 radical (unpaired) electrons. The SMILES string of the molecule is CON(C)C(=O)CC(=O)O. The van der Waals surface area contributed by atoms with Crippen molar-refractivity contribution in [1.82, 2.24) is 5.06 Å². The van der Waals surface area contributed by atoms with E-state index in [0.29, 0.717) is 0 Å². The third-order valence-corrected chi connectivity index (χ3v) is 0.928. The van der Waals surface area contributed by atoms with E-state index in [2.05, 4.69) is 4.84 Å². The molecular weight excluding hydrogens is 138 g/mol. The normalized spacial score (nSPS) is 9.00. The maximum absolute atomic E-state index is 10.6. The molecule has 0 heterocycles. The molecule has 0 bridgehead atoms. The van der Waals surface area contributed by atoms with Gasteiger partial charge in [0.1, 0.15) is 6.42 Å². The molecule has 5 heteroatoms. The molecular formula is C5H9NO4. The molecule has 0 fully saturated rings. The molecule has 1 N–H and O–H groups in total. The molecule has 0 aliphatic heterocycles. The lowest BCUT2D eigenvalue weighted by atomic mass is 10.4. The van der Waals surface area contributed by atoms with Crippen LogP contribution in [0.15, 0.2) is 0 Å². The van der Waals surface area contributed by atoms with Gasteiger partial charge in [-0.2, -0.15) is 0 Å². The number of hydrogen-bond acceptors (Lipinski definition) is 3. The van der Waals surface area contributed by atoms with Gasteiger partial charge in [-0.25, -0.2) is 5.06 Å². The number of carboxylic acids is 1. The van der Waals surface area contributed by atoms with Gasteiger partial charge in [-0.05, 0) is 0 Å². The minimum atomic E-state index is -1.16. The molecule has 1 amide bonds. The first-order valence-corrected chi connectivity index (χ1v) is 2.60. The molecule has 58 valence electrons. The Morgan fingerprint density at radius 2 is 2.10 bits per heavy atom. The summed E-state index contributed by atoms with van der Waals surface area (Å²) >= 11 is 0. The zero-order valence-electron chi connectivity index (χ0n) is 5.83. The molecule has 0 saturated heterocycles.